The van der Waals surface area contributed by atoms with Gasteiger partial charge in [0.25, 0.3) is 5.91 Å². The molecule has 2 rings (SSSR count). The highest BCUT2D eigenvalue weighted by atomic mass is 79.9. The molecule has 1 fully saturated rings. The van der Waals surface area contributed by atoms with Crippen LogP contribution in [0.2, 0.25) is 0 Å². The highest BCUT2D eigenvalue weighted by Gasteiger charge is 2.23. The van der Waals surface area contributed by atoms with Gasteiger partial charge in [-0.25, -0.2) is 4.39 Å². The summed E-state index contributed by atoms with van der Waals surface area (Å²) in [4.78, 5) is 12.0. The highest BCUT2D eigenvalue weighted by Crippen LogP contribution is 2.24. The van der Waals surface area contributed by atoms with E-state index >= 15 is 0 Å². The van der Waals surface area contributed by atoms with Crippen LogP contribution >= 0.6 is 15.9 Å². The molecule has 0 spiro atoms. The molecule has 0 bridgehead atoms. The molecule has 0 radical (unpaired) electrons. The maximum atomic E-state index is 13.4. The van der Waals surface area contributed by atoms with Gasteiger partial charge in [-0.15, -0.1) is 0 Å². The van der Waals surface area contributed by atoms with E-state index in [2.05, 4.69) is 28.2 Å². The maximum absolute atomic E-state index is 13.4. The van der Waals surface area contributed by atoms with E-state index < -0.39 is 5.82 Å². The molecule has 2 atom stereocenters. The van der Waals surface area contributed by atoms with Gasteiger partial charge in [0.1, 0.15) is 5.82 Å². The Morgan fingerprint density at radius 3 is 2.78 bits per heavy atom. The first-order chi connectivity index (χ1) is 8.58. The number of rotatable bonds is 2. The van der Waals surface area contributed by atoms with Crippen LogP contribution in [0.5, 0.6) is 0 Å². The number of carbonyl (C=O) groups excluding carboxylic acids is 1. The quantitative estimate of drug-likeness (QED) is 0.881. The van der Waals surface area contributed by atoms with Crippen molar-refractivity contribution < 1.29 is 9.18 Å². The minimum absolute atomic E-state index is 0.180. The zero-order chi connectivity index (χ0) is 13.1. The summed E-state index contributed by atoms with van der Waals surface area (Å²) in [6.07, 6.45) is 4.57. The fraction of sp³-hybridized carbons (Fsp3) is 0.500. The second kappa shape index (κ2) is 5.83. The van der Waals surface area contributed by atoms with Crippen LogP contribution in [0.1, 0.15) is 43.0 Å². The van der Waals surface area contributed by atoms with E-state index in [1.165, 1.54) is 12.5 Å². The van der Waals surface area contributed by atoms with Gasteiger partial charge in [-0.1, -0.05) is 19.8 Å². The lowest BCUT2D eigenvalue weighted by Crippen LogP contribution is -2.41. The van der Waals surface area contributed by atoms with E-state index in [1.807, 2.05) is 0 Å². The molecule has 0 aliphatic heterocycles. The molecule has 2 unspecified atom stereocenters. The molecule has 2 nitrogen and oxygen atoms in total. The molecule has 1 aromatic rings. The molecule has 0 heterocycles. The van der Waals surface area contributed by atoms with Crippen molar-refractivity contribution in [1.82, 2.24) is 5.32 Å². The van der Waals surface area contributed by atoms with E-state index in [1.54, 1.807) is 12.1 Å². The van der Waals surface area contributed by atoms with Gasteiger partial charge in [-0.2, -0.15) is 0 Å². The number of carbonyl (C=O) groups is 1. The number of amides is 1. The molecule has 1 aliphatic rings. The Morgan fingerprint density at radius 2 is 2.11 bits per heavy atom. The average molecular weight is 314 g/mol. The van der Waals surface area contributed by atoms with Gasteiger partial charge < -0.3 is 5.32 Å². The van der Waals surface area contributed by atoms with E-state index in [0.29, 0.717) is 16.0 Å². The molecule has 1 saturated carbocycles. The highest BCUT2D eigenvalue weighted by molar-refractivity contribution is 9.10. The molecule has 0 saturated heterocycles. The number of hydrogen-bond acceptors (Lipinski definition) is 1. The zero-order valence-electron chi connectivity index (χ0n) is 10.4. The molecule has 98 valence electrons. The van der Waals surface area contributed by atoms with Crippen LogP contribution in [0.25, 0.3) is 0 Å². The summed E-state index contributed by atoms with van der Waals surface area (Å²) in [6.45, 7) is 2.16. The Morgan fingerprint density at radius 1 is 1.39 bits per heavy atom. The van der Waals surface area contributed by atoms with Crippen LogP contribution in [0.15, 0.2) is 22.7 Å². The standard InChI is InChI=1S/C14H17BrFNO/c1-9-4-2-3-5-13(9)17-14(18)10-6-7-11(15)12(16)8-10/h6-9,13H,2-5H2,1H3,(H,17,18). The van der Waals surface area contributed by atoms with E-state index in [-0.39, 0.29) is 11.9 Å². The first-order valence-electron chi connectivity index (χ1n) is 6.34. The predicted molar refractivity (Wildman–Crippen MR) is 73.0 cm³/mol. The third-order valence-corrected chi connectivity index (χ3v) is 4.25. The number of halogens is 2. The van der Waals surface area contributed by atoms with Gasteiger partial charge in [-0.05, 0) is 52.9 Å². The van der Waals surface area contributed by atoms with Crippen molar-refractivity contribution in [2.75, 3.05) is 0 Å². The Balaban J connectivity index is 2.04. The Hall–Kier alpha value is -0.900. The minimum atomic E-state index is -0.403. The van der Waals surface area contributed by atoms with Crippen molar-refractivity contribution in [2.24, 2.45) is 5.92 Å². The number of nitrogens with one attached hydrogen (secondary N) is 1. The molecule has 18 heavy (non-hydrogen) atoms. The van der Waals surface area contributed by atoms with E-state index in [4.69, 9.17) is 0 Å². The Kier molecular flexibility index (Phi) is 4.38. The van der Waals surface area contributed by atoms with Crippen LogP contribution in [0, 0.1) is 11.7 Å². The third-order valence-electron chi connectivity index (χ3n) is 3.61. The van der Waals surface area contributed by atoms with Crippen molar-refractivity contribution in [2.45, 2.75) is 38.6 Å². The van der Waals surface area contributed by atoms with Crippen LogP contribution < -0.4 is 5.32 Å². The molecule has 4 heteroatoms. The first-order valence-corrected chi connectivity index (χ1v) is 7.13. The van der Waals surface area contributed by atoms with Crippen LogP contribution in [0.4, 0.5) is 4.39 Å². The fourth-order valence-electron chi connectivity index (χ4n) is 2.42. The van der Waals surface area contributed by atoms with Gasteiger partial charge in [0.05, 0.1) is 4.47 Å². The van der Waals surface area contributed by atoms with Gasteiger partial charge in [0.2, 0.25) is 0 Å². The van der Waals surface area contributed by atoms with Crippen molar-refractivity contribution in [3.63, 3.8) is 0 Å². The van der Waals surface area contributed by atoms with Gasteiger partial charge in [0.15, 0.2) is 0 Å². The normalized spacial score (nSPS) is 23.7. The van der Waals surface area contributed by atoms with Crippen molar-refractivity contribution in [3.8, 4) is 0 Å². The largest absolute Gasteiger partial charge is 0.349 e. The first kappa shape index (κ1) is 13.5. The smallest absolute Gasteiger partial charge is 0.251 e. The van der Waals surface area contributed by atoms with Crippen molar-refractivity contribution in [1.29, 1.82) is 0 Å². The molecule has 0 aromatic heterocycles. The fourth-order valence-corrected chi connectivity index (χ4v) is 2.67. The summed E-state index contributed by atoms with van der Waals surface area (Å²) < 4.78 is 13.7. The average Bonchev–Trinajstić information content (AvgIpc) is 2.35. The summed E-state index contributed by atoms with van der Waals surface area (Å²) >= 11 is 3.08. The zero-order valence-corrected chi connectivity index (χ0v) is 12.0. The second-order valence-corrected chi connectivity index (χ2v) is 5.82. The molecule has 1 aliphatic carbocycles. The predicted octanol–water partition coefficient (Wildman–Crippen LogP) is 3.90. The lowest BCUT2D eigenvalue weighted by molar-refractivity contribution is 0.0910. The molecule has 1 N–H and O–H groups in total. The van der Waals surface area contributed by atoms with Crippen molar-refractivity contribution >= 4 is 21.8 Å². The lowest BCUT2D eigenvalue weighted by atomic mass is 9.86. The van der Waals surface area contributed by atoms with Gasteiger partial charge in [0, 0.05) is 11.6 Å². The van der Waals surface area contributed by atoms with Gasteiger partial charge in [-0.3, -0.25) is 4.79 Å². The summed E-state index contributed by atoms with van der Waals surface area (Å²) in [5.41, 5.74) is 0.383. The van der Waals surface area contributed by atoms with Crippen LogP contribution in [0.3, 0.4) is 0 Å². The number of benzene rings is 1. The second-order valence-electron chi connectivity index (χ2n) is 4.97. The third kappa shape index (κ3) is 3.10. The topological polar surface area (TPSA) is 29.1 Å². The summed E-state index contributed by atoms with van der Waals surface area (Å²) in [5.74, 6) is -0.0810. The molecular formula is C14H17BrFNO. The van der Waals surface area contributed by atoms with E-state index in [9.17, 15) is 9.18 Å². The maximum Gasteiger partial charge on any atom is 0.251 e. The summed E-state index contributed by atoms with van der Waals surface area (Å²) in [7, 11) is 0. The van der Waals surface area contributed by atoms with Crippen LogP contribution in [-0.2, 0) is 0 Å². The number of hydrogen-bond donors (Lipinski definition) is 1. The van der Waals surface area contributed by atoms with Crippen molar-refractivity contribution in [3.05, 3.63) is 34.1 Å². The molecular weight excluding hydrogens is 297 g/mol. The molecule has 1 amide bonds. The van der Waals surface area contributed by atoms with E-state index in [0.717, 1.165) is 19.3 Å². The monoisotopic (exact) mass is 313 g/mol. The minimum Gasteiger partial charge on any atom is -0.349 e. The summed E-state index contributed by atoms with van der Waals surface area (Å²) in [5, 5.41) is 3.01. The van der Waals surface area contributed by atoms with Gasteiger partial charge >= 0.3 is 0 Å². The SMILES string of the molecule is CC1CCCCC1NC(=O)c1ccc(Br)c(F)c1. The summed E-state index contributed by atoms with van der Waals surface area (Å²) in [6, 6.07) is 4.69. The lowest BCUT2D eigenvalue weighted by Gasteiger charge is -2.29. The molecule has 1 aromatic carbocycles. The Labute approximate surface area is 115 Å². The Bertz CT molecular complexity index is 449. The van der Waals surface area contributed by atoms with Crippen LogP contribution in [-0.4, -0.2) is 11.9 Å².